The van der Waals surface area contributed by atoms with Gasteiger partial charge in [-0.3, -0.25) is 4.79 Å². The Labute approximate surface area is 106 Å². The second kappa shape index (κ2) is 5.87. The fraction of sp³-hybridized carbons (Fsp3) is 0.500. The van der Waals surface area contributed by atoms with E-state index in [0.717, 1.165) is 0 Å². The van der Waals surface area contributed by atoms with Gasteiger partial charge in [-0.15, -0.1) is 0 Å². The zero-order valence-electron chi connectivity index (χ0n) is 10.6. The maximum atomic E-state index is 11.8. The highest BCUT2D eigenvalue weighted by molar-refractivity contribution is 6.32. The number of rotatable bonds is 4. The summed E-state index contributed by atoms with van der Waals surface area (Å²) in [5.41, 5.74) is 1.52. The van der Waals surface area contributed by atoms with Gasteiger partial charge in [0.1, 0.15) is 5.02 Å². The van der Waals surface area contributed by atoms with Crippen LogP contribution in [0.3, 0.4) is 0 Å². The molecule has 1 aromatic rings. The summed E-state index contributed by atoms with van der Waals surface area (Å²) in [5.74, 6) is 0. The van der Waals surface area contributed by atoms with E-state index in [-0.39, 0.29) is 16.6 Å². The average molecular weight is 256 g/mol. The molecule has 0 saturated carbocycles. The van der Waals surface area contributed by atoms with E-state index in [0.29, 0.717) is 12.2 Å². The van der Waals surface area contributed by atoms with Crippen molar-refractivity contribution in [3.8, 4) is 0 Å². The van der Waals surface area contributed by atoms with Crippen LogP contribution in [0.15, 0.2) is 22.6 Å². The molecule has 0 unspecified atom stereocenters. The molecule has 0 aliphatic carbocycles. The second-order valence-electron chi connectivity index (χ2n) is 4.38. The van der Waals surface area contributed by atoms with Crippen LogP contribution in [0.5, 0.6) is 0 Å². The van der Waals surface area contributed by atoms with Crippen molar-refractivity contribution in [3.63, 3.8) is 0 Å². The minimum absolute atomic E-state index is 0.00633. The van der Waals surface area contributed by atoms with Crippen molar-refractivity contribution in [2.75, 3.05) is 11.9 Å². The zero-order chi connectivity index (χ0) is 13.0. The second-order valence-corrected chi connectivity index (χ2v) is 4.76. The summed E-state index contributed by atoms with van der Waals surface area (Å²) in [4.78, 5) is 11.8. The summed E-state index contributed by atoms with van der Waals surface area (Å²) in [6.45, 7) is 8.44. The summed E-state index contributed by atoms with van der Waals surface area (Å²) in [5, 5.41) is 7.33. The molecule has 1 rings (SSSR count). The third kappa shape index (κ3) is 3.60. The van der Waals surface area contributed by atoms with E-state index in [4.69, 9.17) is 11.6 Å². The Morgan fingerprint density at radius 3 is 2.76 bits per heavy atom. The maximum Gasteiger partial charge on any atom is 0.287 e. The maximum absolute atomic E-state index is 11.8. The normalized spacial score (nSPS) is 10.5. The fourth-order valence-electron chi connectivity index (χ4n) is 1.30. The lowest BCUT2D eigenvalue weighted by Crippen LogP contribution is -2.25. The van der Waals surface area contributed by atoms with E-state index < -0.39 is 0 Å². The predicted molar refractivity (Wildman–Crippen MR) is 71.8 cm³/mol. The minimum atomic E-state index is -0.260. The largest absolute Gasteiger partial charge is 0.379 e. The number of halogens is 1. The molecule has 4 nitrogen and oxygen atoms in total. The van der Waals surface area contributed by atoms with Crippen LogP contribution < -0.4 is 10.9 Å². The van der Waals surface area contributed by atoms with Crippen molar-refractivity contribution >= 4 is 17.3 Å². The van der Waals surface area contributed by atoms with Crippen LogP contribution in [-0.4, -0.2) is 16.3 Å². The first kappa shape index (κ1) is 13.8. The highest BCUT2D eigenvalue weighted by Crippen LogP contribution is 2.16. The standard InChI is InChI=1S/C12H18ClN3O/c1-8(2)5-6-14-10-7-15-16(9(3)4)12(17)11(10)13/h5,7,9,14H,6H2,1-4H3. The molecule has 0 aliphatic rings. The van der Waals surface area contributed by atoms with Gasteiger partial charge in [-0.05, 0) is 27.7 Å². The number of nitrogens with zero attached hydrogens (tertiary/aromatic N) is 2. The molecule has 0 saturated heterocycles. The van der Waals surface area contributed by atoms with Crippen LogP contribution in [-0.2, 0) is 0 Å². The Morgan fingerprint density at radius 1 is 1.59 bits per heavy atom. The molecule has 0 atom stereocenters. The Balaban J connectivity index is 2.93. The molecule has 0 aliphatic heterocycles. The molecule has 94 valence electrons. The Kier molecular flexibility index (Phi) is 4.75. The molecule has 1 heterocycles. The SMILES string of the molecule is CC(C)=CCNc1cnn(C(C)C)c(=O)c1Cl. The average Bonchev–Trinajstić information content (AvgIpc) is 2.23. The van der Waals surface area contributed by atoms with E-state index in [2.05, 4.69) is 10.4 Å². The number of hydrogen-bond acceptors (Lipinski definition) is 3. The van der Waals surface area contributed by atoms with Gasteiger partial charge in [-0.25, -0.2) is 4.68 Å². The molecule has 5 heteroatoms. The number of anilines is 1. The van der Waals surface area contributed by atoms with Crippen LogP contribution in [0.2, 0.25) is 5.02 Å². The quantitative estimate of drug-likeness (QED) is 0.842. The molecule has 17 heavy (non-hydrogen) atoms. The lowest BCUT2D eigenvalue weighted by atomic mass is 10.3. The van der Waals surface area contributed by atoms with Crippen LogP contribution in [0.1, 0.15) is 33.7 Å². The molecule has 0 spiro atoms. The van der Waals surface area contributed by atoms with E-state index in [1.807, 2.05) is 33.8 Å². The van der Waals surface area contributed by atoms with Gasteiger partial charge in [0, 0.05) is 6.54 Å². The van der Waals surface area contributed by atoms with Gasteiger partial charge in [-0.1, -0.05) is 23.3 Å². The summed E-state index contributed by atoms with van der Waals surface area (Å²) in [6.07, 6.45) is 3.60. The van der Waals surface area contributed by atoms with Crippen molar-refractivity contribution < 1.29 is 0 Å². The van der Waals surface area contributed by atoms with Crippen LogP contribution >= 0.6 is 11.6 Å². The van der Waals surface area contributed by atoms with Gasteiger partial charge in [0.25, 0.3) is 5.56 Å². The monoisotopic (exact) mass is 255 g/mol. The molecule has 0 fully saturated rings. The topological polar surface area (TPSA) is 46.9 Å². The first-order valence-corrected chi connectivity index (χ1v) is 5.95. The summed E-state index contributed by atoms with van der Waals surface area (Å²) in [7, 11) is 0. The lowest BCUT2D eigenvalue weighted by molar-refractivity contribution is 0.503. The first-order chi connectivity index (χ1) is 7.93. The Bertz CT molecular complexity index is 473. The van der Waals surface area contributed by atoms with E-state index >= 15 is 0 Å². The van der Waals surface area contributed by atoms with Crippen LogP contribution in [0, 0.1) is 0 Å². The number of nitrogens with one attached hydrogen (secondary N) is 1. The highest BCUT2D eigenvalue weighted by atomic mass is 35.5. The van der Waals surface area contributed by atoms with Gasteiger partial charge in [-0.2, -0.15) is 5.10 Å². The Morgan fingerprint density at radius 2 is 2.24 bits per heavy atom. The number of hydrogen-bond donors (Lipinski definition) is 1. The molecular weight excluding hydrogens is 238 g/mol. The smallest absolute Gasteiger partial charge is 0.287 e. The van der Waals surface area contributed by atoms with Crippen molar-refractivity contribution in [1.29, 1.82) is 0 Å². The third-order valence-corrected chi connectivity index (χ3v) is 2.60. The van der Waals surface area contributed by atoms with Crippen molar-refractivity contribution in [2.45, 2.75) is 33.7 Å². The molecule has 0 aromatic carbocycles. The van der Waals surface area contributed by atoms with Gasteiger partial charge >= 0.3 is 0 Å². The van der Waals surface area contributed by atoms with Crippen molar-refractivity contribution in [1.82, 2.24) is 9.78 Å². The number of aromatic nitrogens is 2. The summed E-state index contributed by atoms with van der Waals surface area (Å²) < 4.78 is 1.37. The lowest BCUT2D eigenvalue weighted by Gasteiger charge is -2.11. The molecular formula is C12H18ClN3O. The van der Waals surface area contributed by atoms with Gasteiger partial charge < -0.3 is 5.32 Å². The first-order valence-electron chi connectivity index (χ1n) is 5.58. The molecule has 1 N–H and O–H groups in total. The number of allylic oxidation sites excluding steroid dienone is 1. The third-order valence-electron chi connectivity index (χ3n) is 2.24. The highest BCUT2D eigenvalue weighted by Gasteiger charge is 2.10. The van der Waals surface area contributed by atoms with Crippen molar-refractivity contribution in [3.05, 3.63) is 33.2 Å². The predicted octanol–water partition coefficient (Wildman–Crippen LogP) is 2.86. The van der Waals surface area contributed by atoms with Gasteiger partial charge in [0.2, 0.25) is 0 Å². The minimum Gasteiger partial charge on any atom is -0.379 e. The van der Waals surface area contributed by atoms with Crippen molar-refractivity contribution in [2.24, 2.45) is 0 Å². The summed E-state index contributed by atoms with van der Waals surface area (Å²) >= 11 is 6.00. The zero-order valence-corrected chi connectivity index (χ0v) is 11.4. The summed E-state index contributed by atoms with van der Waals surface area (Å²) in [6, 6.07) is 0.00633. The van der Waals surface area contributed by atoms with E-state index in [1.54, 1.807) is 6.20 Å². The van der Waals surface area contributed by atoms with E-state index in [9.17, 15) is 4.79 Å². The fourth-order valence-corrected chi connectivity index (χ4v) is 1.50. The van der Waals surface area contributed by atoms with E-state index in [1.165, 1.54) is 10.3 Å². The molecule has 0 bridgehead atoms. The van der Waals surface area contributed by atoms with Gasteiger partial charge in [0.15, 0.2) is 0 Å². The molecule has 1 aromatic heterocycles. The van der Waals surface area contributed by atoms with Gasteiger partial charge in [0.05, 0.1) is 17.9 Å². The van der Waals surface area contributed by atoms with Crippen LogP contribution in [0.4, 0.5) is 5.69 Å². The Hall–Kier alpha value is -1.29. The van der Waals surface area contributed by atoms with Crippen LogP contribution in [0.25, 0.3) is 0 Å². The molecule has 0 amide bonds. The molecule has 0 radical (unpaired) electrons.